The lowest BCUT2D eigenvalue weighted by molar-refractivity contribution is -0.385. The molecule has 1 aromatic rings. The molecule has 0 bridgehead atoms. The molecule has 2 rings (SSSR count). The van der Waals surface area contributed by atoms with Crippen LogP contribution >= 0.6 is 12.4 Å². The molecule has 1 aliphatic rings. The fourth-order valence-electron chi connectivity index (χ4n) is 3.16. The summed E-state index contributed by atoms with van der Waals surface area (Å²) in [6.07, 6.45) is 5.83. The molecule has 0 saturated heterocycles. The second-order valence-electron chi connectivity index (χ2n) is 5.97. The molecule has 1 atom stereocenters. The van der Waals surface area contributed by atoms with Gasteiger partial charge in [-0.2, -0.15) is 0 Å². The summed E-state index contributed by atoms with van der Waals surface area (Å²) in [5.74, 6) is 0.223. The molecule has 0 heterocycles. The first-order valence-corrected chi connectivity index (χ1v) is 7.79. The maximum absolute atomic E-state index is 12.4. The Balaban J connectivity index is 0.00000264. The van der Waals surface area contributed by atoms with E-state index in [0.717, 1.165) is 12.8 Å². The molecule has 23 heavy (non-hydrogen) atoms. The zero-order valence-electron chi connectivity index (χ0n) is 13.3. The standard InChI is InChI=1S/C16H23N3O3.ClH/c1-11-9-13(7-8-15(11)19(21)22)16(20)18-14(10-17)12-5-3-2-4-6-12;/h7-9,12,14H,2-6,10,17H2,1H3,(H,18,20);1H. The summed E-state index contributed by atoms with van der Waals surface area (Å²) < 4.78 is 0. The van der Waals surface area contributed by atoms with Crippen molar-refractivity contribution >= 4 is 24.0 Å². The van der Waals surface area contributed by atoms with Gasteiger partial charge in [0.05, 0.1) is 4.92 Å². The molecule has 6 nitrogen and oxygen atoms in total. The summed E-state index contributed by atoms with van der Waals surface area (Å²) in [7, 11) is 0. The number of hydrogen-bond acceptors (Lipinski definition) is 4. The molecular formula is C16H24ClN3O3. The van der Waals surface area contributed by atoms with Gasteiger partial charge < -0.3 is 11.1 Å². The van der Waals surface area contributed by atoms with Gasteiger partial charge in [0.15, 0.2) is 0 Å². The minimum Gasteiger partial charge on any atom is -0.348 e. The summed E-state index contributed by atoms with van der Waals surface area (Å²) in [4.78, 5) is 22.7. The molecular weight excluding hydrogens is 318 g/mol. The zero-order valence-corrected chi connectivity index (χ0v) is 14.1. The van der Waals surface area contributed by atoms with Crippen molar-refractivity contribution in [3.05, 3.63) is 39.4 Å². The van der Waals surface area contributed by atoms with E-state index < -0.39 is 4.92 Å². The Morgan fingerprint density at radius 2 is 2.04 bits per heavy atom. The third kappa shape index (κ3) is 4.91. The number of aryl methyl sites for hydroxylation is 1. The Kier molecular flexibility index (Phi) is 7.45. The molecule has 1 amide bonds. The van der Waals surface area contributed by atoms with E-state index in [2.05, 4.69) is 5.32 Å². The fourth-order valence-corrected chi connectivity index (χ4v) is 3.16. The average molecular weight is 342 g/mol. The lowest BCUT2D eigenvalue weighted by atomic mass is 9.84. The third-order valence-electron chi connectivity index (χ3n) is 4.44. The van der Waals surface area contributed by atoms with E-state index in [0.29, 0.717) is 23.6 Å². The van der Waals surface area contributed by atoms with Crippen molar-refractivity contribution in [1.82, 2.24) is 5.32 Å². The number of benzene rings is 1. The number of halogens is 1. The van der Waals surface area contributed by atoms with Gasteiger partial charge in [-0.15, -0.1) is 12.4 Å². The van der Waals surface area contributed by atoms with Crippen LogP contribution in [-0.2, 0) is 0 Å². The van der Waals surface area contributed by atoms with Gasteiger partial charge in [-0.25, -0.2) is 0 Å². The molecule has 1 fully saturated rings. The summed E-state index contributed by atoms with van der Waals surface area (Å²) in [6.45, 7) is 2.05. The van der Waals surface area contributed by atoms with Crippen LogP contribution in [-0.4, -0.2) is 23.4 Å². The van der Waals surface area contributed by atoms with E-state index >= 15 is 0 Å². The quantitative estimate of drug-likeness (QED) is 0.635. The number of carbonyl (C=O) groups excluding carboxylic acids is 1. The molecule has 3 N–H and O–H groups in total. The van der Waals surface area contributed by atoms with Gasteiger partial charge in [-0.05, 0) is 37.8 Å². The summed E-state index contributed by atoms with van der Waals surface area (Å²) in [5, 5.41) is 13.8. The van der Waals surface area contributed by atoms with E-state index in [-0.39, 0.29) is 30.0 Å². The average Bonchev–Trinajstić information content (AvgIpc) is 2.52. The minimum atomic E-state index is -0.443. The van der Waals surface area contributed by atoms with Crippen molar-refractivity contribution in [1.29, 1.82) is 0 Å². The number of nitrogens with one attached hydrogen (secondary N) is 1. The number of nitrogens with zero attached hydrogens (tertiary/aromatic N) is 1. The first-order chi connectivity index (χ1) is 10.5. The maximum Gasteiger partial charge on any atom is 0.272 e. The Labute approximate surface area is 142 Å². The topological polar surface area (TPSA) is 98.3 Å². The van der Waals surface area contributed by atoms with E-state index in [4.69, 9.17) is 5.73 Å². The van der Waals surface area contributed by atoms with Gasteiger partial charge in [-0.3, -0.25) is 14.9 Å². The monoisotopic (exact) mass is 341 g/mol. The number of nitro benzene ring substituents is 1. The van der Waals surface area contributed by atoms with Crippen molar-refractivity contribution in [2.45, 2.75) is 45.1 Å². The van der Waals surface area contributed by atoms with Crippen LogP contribution in [0.25, 0.3) is 0 Å². The van der Waals surface area contributed by atoms with Crippen LogP contribution in [0.3, 0.4) is 0 Å². The van der Waals surface area contributed by atoms with Crippen LogP contribution in [0.1, 0.15) is 48.0 Å². The number of hydrogen-bond donors (Lipinski definition) is 2. The lowest BCUT2D eigenvalue weighted by Crippen LogP contribution is -2.45. The highest BCUT2D eigenvalue weighted by Gasteiger charge is 2.24. The molecule has 0 radical (unpaired) electrons. The zero-order chi connectivity index (χ0) is 16.1. The van der Waals surface area contributed by atoms with Crippen LogP contribution in [0, 0.1) is 23.0 Å². The van der Waals surface area contributed by atoms with Gasteiger partial charge in [-0.1, -0.05) is 19.3 Å². The number of carbonyl (C=O) groups is 1. The number of nitro groups is 1. The minimum absolute atomic E-state index is 0. The van der Waals surface area contributed by atoms with Gasteiger partial charge >= 0.3 is 0 Å². The number of rotatable bonds is 5. The Bertz CT molecular complexity index is 560. The largest absolute Gasteiger partial charge is 0.348 e. The predicted molar refractivity (Wildman–Crippen MR) is 92.0 cm³/mol. The highest BCUT2D eigenvalue weighted by atomic mass is 35.5. The van der Waals surface area contributed by atoms with Gasteiger partial charge in [0.1, 0.15) is 0 Å². The first kappa shape index (κ1) is 19.4. The molecule has 0 aliphatic heterocycles. The van der Waals surface area contributed by atoms with E-state index in [1.807, 2.05) is 0 Å². The van der Waals surface area contributed by atoms with E-state index in [1.165, 1.54) is 31.4 Å². The normalized spacial score (nSPS) is 16.3. The fraction of sp³-hybridized carbons (Fsp3) is 0.562. The Hall–Kier alpha value is -1.66. The van der Waals surface area contributed by atoms with Gasteiger partial charge in [0, 0.05) is 29.8 Å². The summed E-state index contributed by atoms with van der Waals surface area (Å²) in [6, 6.07) is 4.40. The second kappa shape index (κ2) is 8.84. The van der Waals surface area contributed by atoms with E-state index in [9.17, 15) is 14.9 Å². The summed E-state index contributed by atoms with van der Waals surface area (Å²) >= 11 is 0. The molecule has 0 aromatic heterocycles. The van der Waals surface area contributed by atoms with E-state index in [1.54, 1.807) is 13.0 Å². The van der Waals surface area contributed by atoms with Crippen LogP contribution < -0.4 is 11.1 Å². The van der Waals surface area contributed by atoms with Crippen LogP contribution in [0.5, 0.6) is 0 Å². The smallest absolute Gasteiger partial charge is 0.272 e. The van der Waals surface area contributed by atoms with Gasteiger partial charge in [0.25, 0.3) is 11.6 Å². The van der Waals surface area contributed by atoms with Crippen molar-refractivity contribution < 1.29 is 9.72 Å². The SMILES string of the molecule is Cc1cc(C(=O)NC(CN)C2CCCCC2)ccc1[N+](=O)[O-].Cl. The van der Waals surface area contributed by atoms with Crippen molar-refractivity contribution in [3.8, 4) is 0 Å². The molecule has 7 heteroatoms. The second-order valence-corrected chi connectivity index (χ2v) is 5.97. The Morgan fingerprint density at radius 1 is 1.39 bits per heavy atom. The summed E-state index contributed by atoms with van der Waals surface area (Å²) in [5.41, 5.74) is 6.77. The van der Waals surface area contributed by atoms with Crippen LogP contribution in [0.2, 0.25) is 0 Å². The molecule has 1 saturated carbocycles. The Morgan fingerprint density at radius 3 is 2.57 bits per heavy atom. The predicted octanol–water partition coefficient (Wildman–Crippen LogP) is 2.96. The lowest BCUT2D eigenvalue weighted by Gasteiger charge is -2.30. The third-order valence-corrected chi connectivity index (χ3v) is 4.44. The molecule has 0 spiro atoms. The number of amides is 1. The molecule has 1 aromatic carbocycles. The molecule has 1 aliphatic carbocycles. The number of nitrogens with two attached hydrogens (primary N) is 1. The molecule has 128 valence electrons. The van der Waals surface area contributed by atoms with Crippen molar-refractivity contribution in [2.75, 3.05) is 6.54 Å². The highest BCUT2D eigenvalue weighted by Crippen LogP contribution is 2.26. The first-order valence-electron chi connectivity index (χ1n) is 7.79. The van der Waals surface area contributed by atoms with Crippen molar-refractivity contribution in [3.63, 3.8) is 0 Å². The van der Waals surface area contributed by atoms with Gasteiger partial charge in [0.2, 0.25) is 0 Å². The van der Waals surface area contributed by atoms with Crippen LogP contribution in [0.15, 0.2) is 18.2 Å². The van der Waals surface area contributed by atoms with Crippen molar-refractivity contribution in [2.24, 2.45) is 11.7 Å². The highest BCUT2D eigenvalue weighted by molar-refractivity contribution is 5.95. The maximum atomic E-state index is 12.4. The van der Waals surface area contributed by atoms with Crippen LogP contribution in [0.4, 0.5) is 5.69 Å². The molecule has 1 unspecified atom stereocenters.